The van der Waals surface area contributed by atoms with Gasteiger partial charge in [0, 0.05) is 37.4 Å². The van der Waals surface area contributed by atoms with Gasteiger partial charge >= 0.3 is 0 Å². The number of likely N-dealkylation sites (N-methyl/N-ethyl adjacent to an activating group) is 1. The van der Waals surface area contributed by atoms with Gasteiger partial charge in [-0.2, -0.15) is 0 Å². The van der Waals surface area contributed by atoms with E-state index in [2.05, 4.69) is 29.0 Å². The lowest BCUT2D eigenvalue weighted by atomic mass is 10.0. The Morgan fingerprint density at radius 2 is 1.83 bits per heavy atom. The standard InChI is InChI=1S/C18H21N3O2/c1-20-9-10-21(17-5-3-2-4-6-17)13-16-11-14(18(22)19-23)7-8-15(16)12-20/h2-8,11,23H,9-10,12-13H2,1H3,(H,19,22). The lowest BCUT2D eigenvalue weighted by molar-refractivity contribution is 0.0706. The average Bonchev–Trinajstić information content (AvgIpc) is 2.58. The number of para-hydroxylation sites is 1. The van der Waals surface area contributed by atoms with Gasteiger partial charge in [0.1, 0.15) is 0 Å². The lowest BCUT2D eigenvalue weighted by Gasteiger charge is -2.32. The Morgan fingerprint density at radius 1 is 1.04 bits per heavy atom. The van der Waals surface area contributed by atoms with Crippen LogP contribution < -0.4 is 10.4 Å². The highest BCUT2D eigenvalue weighted by Gasteiger charge is 2.17. The number of amides is 1. The zero-order valence-corrected chi connectivity index (χ0v) is 13.2. The molecule has 0 radical (unpaired) electrons. The van der Waals surface area contributed by atoms with Crippen molar-refractivity contribution in [3.05, 3.63) is 65.2 Å². The van der Waals surface area contributed by atoms with E-state index < -0.39 is 5.91 Å². The Hall–Kier alpha value is -2.37. The molecule has 2 aromatic carbocycles. The third-order valence-electron chi connectivity index (χ3n) is 4.24. The molecule has 0 aromatic heterocycles. The first kappa shape index (κ1) is 15.5. The SMILES string of the molecule is CN1CCN(c2ccccc2)Cc2cc(C(=O)NO)ccc2C1. The number of fused-ring (bicyclic) bond motifs is 1. The van der Waals surface area contributed by atoms with Gasteiger partial charge in [0.25, 0.3) is 5.91 Å². The van der Waals surface area contributed by atoms with Crippen LogP contribution in [0.3, 0.4) is 0 Å². The van der Waals surface area contributed by atoms with E-state index in [-0.39, 0.29) is 0 Å². The minimum absolute atomic E-state index is 0.475. The van der Waals surface area contributed by atoms with Crippen molar-refractivity contribution < 1.29 is 10.0 Å². The van der Waals surface area contributed by atoms with Crippen molar-refractivity contribution in [1.29, 1.82) is 0 Å². The maximum atomic E-state index is 11.7. The van der Waals surface area contributed by atoms with Crippen molar-refractivity contribution in [2.24, 2.45) is 0 Å². The highest BCUT2D eigenvalue weighted by Crippen LogP contribution is 2.23. The van der Waals surface area contributed by atoms with Gasteiger partial charge in [-0.25, -0.2) is 5.48 Å². The number of carbonyl (C=O) groups excluding carboxylic acids is 1. The minimum Gasteiger partial charge on any atom is -0.366 e. The van der Waals surface area contributed by atoms with E-state index in [1.54, 1.807) is 11.5 Å². The molecule has 2 N–H and O–H groups in total. The summed E-state index contributed by atoms with van der Waals surface area (Å²) in [5.41, 5.74) is 5.67. The zero-order valence-electron chi connectivity index (χ0n) is 13.2. The molecular weight excluding hydrogens is 290 g/mol. The molecule has 1 heterocycles. The molecule has 0 atom stereocenters. The summed E-state index contributed by atoms with van der Waals surface area (Å²) in [6, 6.07) is 15.9. The number of hydrogen-bond acceptors (Lipinski definition) is 4. The molecule has 120 valence electrons. The normalized spacial score (nSPS) is 15.5. The fourth-order valence-electron chi connectivity index (χ4n) is 2.94. The summed E-state index contributed by atoms with van der Waals surface area (Å²) < 4.78 is 0. The zero-order chi connectivity index (χ0) is 16.2. The Bertz CT molecular complexity index is 688. The van der Waals surface area contributed by atoms with Crippen LogP contribution in [0.2, 0.25) is 0 Å². The monoisotopic (exact) mass is 311 g/mol. The number of anilines is 1. The van der Waals surface area contributed by atoms with Crippen LogP contribution in [0.25, 0.3) is 0 Å². The third-order valence-corrected chi connectivity index (χ3v) is 4.24. The van der Waals surface area contributed by atoms with Gasteiger partial charge in [-0.3, -0.25) is 10.0 Å². The molecule has 2 aromatic rings. The van der Waals surface area contributed by atoms with Crippen molar-refractivity contribution >= 4 is 11.6 Å². The average molecular weight is 311 g/mol. The Labute approximate surface area is 136 Å². The van der Waals surface area contributed by atoms with E-state index >= 15 is 0 Å². The number of hydroxylamine groups is 1. The van der Waals surface area contributed by atoms with E-state index in [0.29, 0.717) is 5.56 Å². The topological polar surface area (TPSA) is 55.8 Å². The number of nitrogens with zero attached hydrogens (tertiary/aromatic N) is 2. The maximum Gasteiger partial charge on any atom is 0.274 e. The summed E-state index contributed by atoms with van der Waals surface area (Å²) in [7, 11) is 2.10. The van der Waals surface area contributed by atoms with Gasteiger partial charge in [-0.15, -0.1) is 0 Å². The molecule has 1 aliphatic rings. The van der Waals surface area contributed by atoms with Gasteiger partial charge in [-0.1, -0.05) is 24.3 Å². The molecule has 0 saturated carbocycles. The second-order valence-corrected chi connectivity index (χ2v) is 5.92. The fraction of sp³-hybridized carbons (Fsp3) is 0.278. The molecule has 0 spiro atoms. The molecule has 5 nitrogen and oxygen atoms in total. The van der Waals surface area contributed by atoms with E-state index in [1.807, 2.05) is 30.3 Å². The third kappa shape index (κ3) is 3.52. The Balaban J connectivity index is 1.96. The first-order valence-corrected chi connectivity index (χ1v) is 7.72. The highest BCUT2D eigenvalue weighted by molar-refractivity contribution is 5.93. The quantitative estimate of drug-likeness (QED) is 0.660. The number of benzene rings is 2. The molecule has 1 amide bonds. The predicted octanol–water partition coefficient (Wildman–Crippen LogP) is 2.26. The van der Waals surface area contributed by atoms with Crippen LogP contribution in [-0.4, -0.2) is 36.2 Å². The van der Waals surface area contributed by atoms with Crippen LogP contribution in [0.15, 0.2) is 48.5 Å². The van der Waals surface area contributed by atoms with E-state index in [9.17, 15) is 4.79 Å². The van der Waals surface area contributed by atoms with E-state index in [1.165, 1.54) is 11.3 Å². The van der Waals surface area contributed by atoms with Gasteiger partial charge in [0.2, 0.25) is 0 Å². The molecule has 0 fully saturated rings. The second-order valence-electron chi connectivity index (χ2n) is 5.92. The lowest BCUT2D eigenvalue weighted by Crippen LogP contribution is -2.36. The van der Waals surface area contributed by atoms with Crippen LogP contribution in [0, 0.1) is 0 Å². The molecule has 0 aliphatic carbocycles. The van der Waals surface area contributed by atoms with Crippen molar-refractivity contribution in [3.8, 4) is 0 Å². The largest absolute Gasteiger partial charge is 0.366 e. The molecule has 0 bridgehead atoms. The van der Waals surface area contributed by atoms with Gasteiger partial charge < -0.3 is 9.80 Å². The summed E-state index contributed by atoms with van der Waals surface area (Å²) in [5, 5.41) is 8.85. The summed E-state index contributed by atoms with van der Waals surface area (Å²) in [4.78, 5) is 16.3. The van der Waals surface area contributed by atoms with Crippen molar-refractivity contribution in [1.82, 2.24) is 10.4 Å². The van der Waals surface area contributed by atoms with Crippen LogP contribution in [0.4, 0.5) is 5.69 Å². The van der Waals surface area contributed by atoms with Crippen molar-refractivity contribution in [3.63, 3.8) is 0 Å². The fourth-order valence-corrected chi connectivity index (χ4v) is 2.94. The Morgan fingerprint density at radius 3 is 2.57 bits per heavy atom. The summed E-state index contributed by atoms with van der Waals surface area (Å²) >= 11 is 0. The van der Waals surface area contributed by atoms with Gasteiger partial charge in [0.15, 0.2) is 0 Å². The number of hydrogen-bond donors (Lipinski definition) is 2. The predicted molar refractivity (Wildman–Crippen MR) is 89.5 cm³/mol. The van der Waals surface area contributed by atoms with Crippen LogP contribution in [0.1, 0.15) is 21.5 Å². The van der Waals surface area contributed by atoms with E-state index in [0.717, 1.165) is 31.7 Å². The molecule has 3 rings (SSSR count). The van der Waals surface area contributed by atoms with Crippen molar-refractivity contribution in [2.75, 3.05) is 25.0 Å². The highest BCUT2D eigenvalue weighted by atomic mass is 16.5. The molecule has 23 heavy (non-hydrogen) atoms. The van der Waals surface area contributed by atoms with Crippen molar-refractivity contribution in [2.45, 2.75) is 13.1 Å². The summed E-state index contributed by atoms with van der Waals surface area (Å²) in [6.45, 7) is 3.52. The number of carbonyl (C=O) groups is 1. The Kier molecular flexibility index (Phi) is 4.60. The number of rotatable bonds is 2. The molecule has 0 unspecified atom stereocenters. The molecule has 0 saturated heterocycles. The summed E-state index contributed by atoms with van der Waals surface area (Å²) in [6.07, 6.45) is 0. The van der Waals surface area contributed by atoms with Crippen LogP contribution >= 0.6 is 0 Å². The first-order valence-electron chi connectivity index (χ1n) is 7.72. The maximum absolute atomic E-state index is 11.7. The van der Waals surface area contributed by atoms with Crippen LogP contribution in [0.5, 0.6) is 0 Å². The van der Waals surface area contributed by atoms with Crippen LogP contribution in [-0.2, 0) is 13.1 Å². The molecule has 1 aliphatic heterocycles. The second kappa shape index (κ2) is 6.81. The van der Waals surface area contributed by atoms with E-state index in [4.69, 9.17) is 5.21 Å². The number of nitrogens with one attached hydrogen (secondary N) is 1. The van der Waals surface area contributed by atoms with Gasteiger partial charge in [-0.05, 0) is 42.4 Å². The van der Waals surface area contributed by atoms with Gasteiger partial charge in [0.05, 0.1) is 0 Å². The first-order chi connectivity index (χ1) is 11.2. The summed E-state index contributed by atoms with van der Waals surface area (Å²) in [5.74, 6) is -0.477. The molecular formula is C18H21N3O2. The minimum atomic E-state index is -0.477. The smallest absolute Gasteiger partial charge is 0.274 e. The molecule has 5 heteroatoms.